The van der Waals surface area contributed by atoms with Crippen LogP contribution in [-0.4, -0.2) is 9.38 Å². The summed E-state index contributed by atoms with van der Waals surface area (Å²) in [5.74, 6) is 0. The van der Waals surface area contributed by atoms with Gasteiger partial charge in [-0.05, 0) is 17.6 Å². The molecule has 0 saturated heterocycles. The molecule has 0 N–H and O–H groups in total. The maximum Gasteiger partial charge on any atom is 1.00 e. The molecule has 2 aromatic heterocycles. The second-order valence-electron chi connectivity index (χ2n) is 3.71. The predicted molar refractivity (Wildman–Crippen MR) is 66.9 cm³/mol. The molecule has 0 fully saturated rings. The first kappa shape index (κ1) is 11.0. The number of para-hydroxylation sites is 2. The van der Waals surface area contributed by atoms with E-state index in [-0.39, 0.29) is 22.4 Å². The first-order chi connectivity index (χ1) is 7.93. The van der Waals surface area contributed by atoms with Crippen molar-refractivity contribution in [3.63, 3.8) is 0 Å². The van der Waals surface area contributed by atoms with Crippen LogP contribution in [0.2, 0.25) is 0 Å². The van der Waals surface area contributed by atoms with Gasteiger partial charge in [-0.2, -0.15) is 29.5 Å². The van der Waals surface area contributed by atoms with Crippen LogP contribution in [-0.2, 0) is 22.4 Å². The van der Waals surface area contributed by atoms with Gasteiger partial charge in [-0.1, -0.05) is 16.8 Å². The zero-order chi connectivity index (χ0) is 10.5. The number of hydrogen-bond acceptors (Lipinski definition) is 2. The van der Waals surface area contributed by atoms with E-state index in [0.717, 1.165) is 10.5 Å². The number of hydrogen-bond donors (Lipinski definition) is 0. The van der Waals surface area contributed by atoms with E-state index in [1.807, 2.05) is 18.2 Å². The summed E-state index contributed by atoms with van der Waals surface area (Å²) in [5.41, 5.74) is 3.45. The average molecular weight is 420 g/mol. The first-order valence-electron chi connectivity index (χ1n) is 5.09. The molecule has 86 valence electrons. The molecule has 0 aliphatic rings. The van der Waals surface area contributed by atoms with Crippen molar-refractivity contribution in [3.8, 4) is 0 Å². The molecule has 2 aromatic carbocycles. The Morgan fingerprint density at radius 1 is 1.12 bits per heavy atom. The molecule has 0 amide bonds. The minimum Gasteiger partial charge on any atom is -0.308 e. The van der Waals surface area contributed by atoms with E-state index in [4.69, 9.17) is 0 Å². The van der Waals surface area contributed by atoms with E-state index in [2.05, 4.69) is 39.7 Å². The van der Waals surface area contributed by atoms with E-state index < -0.39 is 0 Å². The van der Waals surface area contributed by atoms with Gasteiger partial charge in [0.05, 0.1) is 11.0 Å². The van der Waals surface area contributed by atoms with E-state index in [0.29, 0.717) is 0 Å². The Morgan fingerprint density at radius 2 is 2.00 bits per heavy atom. The number of benzene rings is 2. The zero-order valence-electron chi connectivity index (χ0n) is 8.65. The average Bonchev–Trinajstić information content (AvgIpc) is 2.83. The minimum atomic E-state index is 0. The van der Waals surface area contributed by atoms with Crippen LogP contribution in [0.4, 0.5) is 0 Å². The summed E-state index contributed by atoms with van der Waals surface area (Å²) in [7, 11) is 0. The Hall–Kier alpha value is -1.13. The number of imidazole rings is 1. The quantitative estimate of drug-likeness (QED) is 0.315. The molecular formula is C13H7AuN2S. The molecule has 0 saturated carbocycles. The van der Waals surface area contributed by atoms with E-state index in [1.165, 1.54) is 15.7 Å². The Kier molecular flexibility index (Phi) is 2.56. The van der Waals surface area contributed by atoms with Crippen LogP contribution in [0.1, 0.15) is 0 Å². The van der Waals surface area contributed by atoms with Gasteiger partial charge in [0.2, 0.25) is 0 Å². The number of fused-ring (bicyclic) bond motifs is 5. The molecule has 0 aliphatic carbocycles. The predicted octanol–water partition coefficient (Wildman–Crippen LogP) is 3.50. The van der Waals surface area contributed by atoms with Gasteiger partial charge in [-0.15, -0.1) is 6.07 Å². The largest absolute Gasteiger partial charge is 1.00 e. The fraction of sp³-hybridized carbons (Fsp3) is 0. The maximum absolute atomic E-state index is 4.62. The summed E-state index contributed by atoms with van der Waals surface area (Å²) in [6.45, 7) is 0. The monoisotopic (exact) mass is 420 g/mol. The van der Waals surface area contributed by atoms with Crippen molar-refractivity contribution in [1.82, 2.24) is 9.38 Å². The number of aromatic nitrogens is 2. The third kappa shape index (κ3) is 1.47. The van der Waals surface area contributed by atoms with E-state index >= 15 is 0 Å². The fourth-order valence-electron chi connectivity index (χ4n) is 2.08. The zero-order valence-corrected chi connectivity index (χ0v) is 11.6. The normalized spacial score (nSPS) is 11.1. The van der Waals surface area contributed by atoms with Crippen molar-refractivity contribution in [2.24, 2.45) is 0 Å². The van der Waals surface area contributed by atoms with Crippen LogP contribution in [0, 0.1) is 6.07 Å². The molecule has 0 atom stereocenters. The molecule has 4 rings (SSSR count). The van der Waals surface area contributed by atoms with Crippen molar-refractivity contribution >= 4 is 37.5 Å². The minimum absolute atomic E-state index is 0. The maximum atomic E-state index is 4.62. The summed E-state index contributed by atoms with van der Waals surface area (Å²) < 4.78 is 3.44. The Balaban J connectivity index is 0.000000902. The molecule has 0 spiro atoms. The molecule has 0 radical (unpaired) electrons. The molecule has 2 heterocycles. The Morgan fingerprint density at radius 3 is 2.94 bits per heavy atom. The second kappa shape index (κ2) is 3.96. The van der Waals surface area contributed by atoms with Crippen LogP contribution < -0.4 is 0 Å². The number of rotatable bonds is 0. The van der Waals surface area contributed by atoms with Crippen LogP contribution in [0.5, 0.6) is 0 Å². The van der Waals surface area contributed by atoms with Crippen LogP contribution >= 0.6 is 11.3 Å². The van der Waals surface area contributed by atoms with Crippen molar-refractivity contribution in [1.29, 1.82) is 0 Å². The van der Waals surface area contributed by atoms with Crippen molar-refractivity contribution in [3.05, 3.63) is 48.5 Å². The number of nitrogens with zero attached hydrogens (tertiary/aromatic N) is 2. The molecule has 0 unspecified atom stereocenters. The third-order valence-corrected chi connectivity index (χ3v) is 3.78. The fourth-order valence-corrected chi connectivity index (χ4v) is 3.10. The van der Waals surface area contributed by atoms with Crippen molar-refractivity contribution in [2.45, 2.75) is 0 Å². The van der Waals surface area contributed by atoms with Gasteiger partial charge in [0, 0.05) is 0 Å². The topological polar surface area (TPSA) is 17.3 Å². The molecule has 0 aliphatic heterocycles. The van der Waals surface area contributed by atoms with Crippen LogP contribution in [0.25, 0.3) is 26.2 Å². The van der Waals surface area contributed by atoms with Gasteiger partial charge in [-0.3, -0.25) is 0 Å². The molecule has 17 heavy (non-hydrogen) atoms. The summed E-state index contributed by atoms with van der Waals surface area (Å²) in [5, 5.41) is 0. The van der Waals surface area contributed by atoms with Gasteiger partial charge < -0.3 is 4.40 Å². The molecule has 2 nitrogen and oxygen atoms in total. The molecular weight excluding hydrogens is 413 g/mol. The Labute approximate surface area is 117 Å². The third-order valence-electron chi connectivity index (χ3n) is 2.78. The summed E-state index contributed by atoms with van der Waals surface area (Å²) in [6, 6.07) is 17.4. The van der Waals surface area contributed by atoms with Gasteiger partial charge in [0.1, 0.15) is 0 Å². The summed E-state index contributed by atoms with van der Waals surface area (Å²) >= 11 is 1.71. The summed E-state index contributed by atoms with van der Waals surface area (Å²) in [6.07, 6.45) is 0. The molecule has 4 aromatic rings. The smallest absolute Gasteiger partial charge is 0.308 e. The van der Waals surface area contributed by atoms with Crippen molar-refractivity contribution < 1.29 is 22.4 Å². The van der Waals surface area contributed by atoms with E-state index in [9.17, 15) is 0 Å². The van der Waals surface area contributed by atoms with Crippen LogP contribution in [0.15, 0.2) is 42.5 Å². The van der Waals surface area contributed by atoms with Gasteiger partial charge >= 0.3 is 22.4 Å². The standard InChI is InChI=1S/C13H7N2S.Au/c1-2-6-10-9(5-1)14-13-15(10)11-7-3-4-8-12(11)16-13;/h1-3,5-8H;/q-1;+1. The van der Waals surface area contributed by atoms with Gasteiger partial charge in [-0.25, -0.2) is 4.98 Å². The Bertz CT molecular complexity index is 751. The van der Waals surface area contributed by atoms with E-state index in [1.54, 1.807) is 11.3 Å². The van der Waals surface area contributed by atoms with Gasteiger partial charge in [0.25, 0.3) is 0 Å². The molecule has 0 bridgehead atoms. The SMILES string of the molecule is [Au+].[c-]1ccc2c(c1)sc1nc3ccccc3n12. The van der Waals surface area contributed by atoms with Crippen molar-refractivity contribution in [2.75, 3.05) is 0 Å². The molecule has 4 heteroatoms. The second-order valence-corrected chi connectivity index (χ2v) is 4.72. The van der Waals surface area contributed by atoms with Gasteiger partial charge in [0.15, 0.2) is 4.96 Å². The van der Waals surface area contributed by atoms with Crippen LogP contribution in [0.3, 0.4) is 0 Å². The number of thiazole rings is 1. The summed E-state index contributed by atoms with van der Waals surface area (Å²) in [4.78, 5) is 5.67. The first-order valence-corrected chi connectivity index (χ1v) is 5.91.